The van der Waals surface area contributed by atoms with Gasteiger partial charge in [-0.15, -0.1) is 0 Å². The first-order valence-corrected chi connectivity index (χ1v) is 4.60. The Morgan fingerprint density at radius 3 is 2.39 bits per heavy atom. The van der Waals surface area contributed by atoms with Crippen molar-refractivity contribution in [1.82, 2.24) is 9.97 Å². The minimum absolute atomic E-state index is 0.125. The molecular formula is C10H5F3N2O3. The molecule has 0 radical (unpaired) electrons. The van der Waals surface area contributed by atoms with Gasteiger partial charge in [0.05, 0.1) is 16.6 Å². The number of fused-ring (bicyclic) bond motifs is 1. The van der Waals surface area contributed by atoms with E-state index in [4.69, 9.17) is 10.2 Å². The average Bonchev–Trinajstić information content (AvgIpc) is 2.25. The van der Waals surface area contributed by atoms with Gasteiger partial charge in [-0.05, 0) is 18.2 Å². The second-order valence-corrected chi connectivity index (χ2v) is 3.40. The Hall–Kier alpha value is -2.38. The summed E-state index contributed by atoms with van der Waals surface area (Å²) in [5, 5.41) is 17.8. The number of carboxylic acids is 1. The molecule has 1 aromatic carbocycles. The van der Waals surface area contributed by atoms with Gasteiger partial charge in [0.1, 0.15) is 0 Å². The van der Waals surface area contributed by atoms with Gasteiger partial charge in [-0.25, -0.2) is 14.8 Å². The molecule has 94 valence electrons. The van der Waals surface area contributed by atoms with Crippen LogP contribution in [0.15, 0.2) is 18.2 Å². The minimum atomic E-state index is -4.82. The molecule has 0 fully saturated rings. The number of alkyl halides is 3. The molecule has 0 aliphatic heterocycles. The normalized spacial score (nSPS) is 11.7. The maximum Gasteiger partial charge on any atom is 0.438 e. The predicted molar refractivity (Wildman–Crippen MR) is 53.2 cm³/mol. The predicted octanol–water partition coefficient (Wildman–Crippen LogP) is 2.05. The van der Waals surface area contributed by atoms with Crippen LogP contribution in [-0.4, -0.2) is 26.2 Å². The van der Waals surface area contributed by atoms with Crippen LogP contribution >= 0.6 is 0 Å². The smallest absolute Gasteiger partial charge is 0.438 e. The van der Waals surface area contributed by atoms with Crippen molar-refractivity contribution in [3.05, 3.63) is 29.5 Å². The Labute approximate surface area is 97.5 Å². The number of aromatic hydroxyl groups is 1. The lowest BCUT2D eigenvalue weighted by molar-refractivity contribution is -0.142. The average molecular weight is 258 g/mol. The van der Waals surface area contributed by atoms with Crippen molar-refractivity contribution in [2.75, 3.05) is 0 Å². The fraction of sp³-hybridized carbons (Fsp3) is 0.100. The molecule has 18 heavy (non-hydrogen) atoms. The molecule has 0 aliphatic rings. The van der Waals surface area contributed by atoms with E-state index >= 15 is 0 Å². The molecule has 2 N–H and O–H groups in total. The van der Waals surface area contributed by atoms with Crippen LogP contribution in [0.5, 0.6) is 5.88 Å². The Kier molecular flexibility index (Phi) is 2.57. The van der Waals surface area contributed by atoms with Crippen LogP contribution in [0.4, 0.5) is 13.2 Å². The lowest BCUT2D eigenvalue weighted by atomic mass is 10.2. The zero-order valence-electron chi connectivity index (χ0n) is 8.56. The van der Waals surface area contributed by atoms with Crippen LogP contribution < -0.4 is 0 Å². The molecule has 0 bridgehead atoms. The molecule has 0 saturated carbocycles. The largest absolute Gasteiger partial charge is 0.492 e. The number of carbonyl (C=O) groups is 1. The standard InChI is InChI=1S/C10H5F3N2O3/c11-10(12,13)7-8(16)15-6-3-4(9(17)18)1-2-5(6)14-7/h1-3H,(H,15,16)(H,17,18). The van der Waals surface area contributed by atoms with E-state index in [1.165, 1.54) is 0 Å². The molecule has 0 amide bonds. The zero-order valence-corrected chi connectivity index (χ0v) is 8.56. The van der Waals surface area contributed by atoms with Crippen LogP contribution in [0.3, 0.4) is 0 Å². The number of benzene rings is 1. The van der Waals surface area contributed by atoms with Gasteiger partial charge >= 0.3 is 12.1 Å². The van der Waals surface area contributed by atoms with E-state index in [9.17, 15) is 18.0 Å². The van der Waals surface area contributed by atoms with Gasteiger partial charge in [0, 0.05) is 0 Å². The van der Waals surface area contributed by atoms with Crippen molar-refractivity contribution in [3.8, 4) is 5.88 Å². The van der Waals surface area contributed by atoms with E-state index in [2.05, 4.69) is 9.97 Å². The molecule has 0 spiro atoms. The van der Waals surface area contributed by atoms with Crippen LogP contribution in [0.25, 0.3) is 11.0 Å². The summed E-state index contributed by atoms with van der Waals surface area (Å²) in [7, 11) is 0. The summed E-state index contributed by atoms with van der Waals surface area (Å²) in [6, 6.07) is 3.24. The Balaban J connectivity index is 2.68. The summed E-state index contributed by atoms with van der Waals surface area (Å²) < 4.78 is 37.3. The lowest BCUT2D eigenvalue weighted by Crippen LogP contribution is -2.09. The monoisotopic (exact) mass is 258 g/mol. The summed E-state index contributed by atoms with van der Waals surface area (Å²) in [4.78, 5) is 17.2. The first-order chi connectivity index (χ1) is 8.29. The highest BCUT2D eigenvalue weighted by Gasteiger charge is 2.37. The Bertz CT molecular complexity index is 640. The number of hydrogen-bond donors (Lipinski definition) is 2. The molecule has 0 saturated heterocycles. The fourth-order valence-corrected chi connectivity index (χ4v) is 1.37. The highest BCUT2D eigenvalue weighted by Crippen LogP contribution is 2.34. The maximum absolute atomic E-state index is 12.4. The van der Waals surface area contributed by atoms with Gasteiger partial charge in [-0.2, -0.15) is 13.2 Å². The first kappa shape index (κ1) is 12.1. The molecule has 2 aromatic rings. The number of aromatic carboxylic acids is 1. The third-order valence-corrected chi connectivity index (χ3v) is 2.16. The molecule has 2 rings (SSSR count). The van der Waals surface area contributed by atoms with Crippen LogP contribution in [-0.2, 0) is 6.18 Å². The van der Waals surface area contributed by atoms with Crippen molar-refractivity contribution < 1.29 is 28.2 Å². The third kappa shape index (κ3) is 2.04. The third-order valence-electron chi connectivity index (χ3n) is 2.16. The Morgan fingerprint density at radius 2 is 1.83 bits per heavy atom. The second-order valence-electron chi connectivity index (χ2n) is 3.40. The molecule has 1 heterocycles. The van der Waals surface area contributed by atoms with E-state index in [1.807, 2.05) is 0 Å². The van der Waals surface area contributed by atoms with E-state index < -0.39 is 23.7 Å². The van der Waals surface area contributed by atoms with Crippen molar-refractivity contribution in [3.63, 3.8) is 0 Å². The summed E-state index contributed by atoms with van der Waals surface area (Å²) in [5.74, 6) is -2.53. The number of rotatable bonds is 1. The number of halogens is 3. The fourth-order valence-electron chi connectivity index (χ4n) is 1.37. The minimum Gasteiger partial charge on any atom is -0.492 e. The number of hydrogen-bond acceptors (Lipinski definition) is 4. The number of carboxylic acid groups (broad SMARTS) is 1. The molecule has 5 nitrogen and oxygen atoms in total. The number of aromatic nitrogens is 2. The lowest BCUT2D eigenvalue weighted by Gasteiger charge is -2.08. The SMILES string of the molecule is O=C(O)c1ccc2nc(C(F)(F)F)c(O)nc2c1. The highest BCUT2D eigenvalue weighted by molar-refractivity contribution is 5.92. The summed E-state index contributed by atoms with van der Waals surface area (Å²) in [6.45, 7) is 0. The van der Waals surface area contributed by atoms with Gasteiger partial charge in [0.15, 0.2) is 0 Å². The topological polar surface area (TPSA) is 83.3 Å². The highest BCUT2D eigenvalue weighted by atomic mass is 19.4. The van der Waals surface area contributed by atoms with E-state index in [1.54, 1.807) is 0 Å². The Morgan fingerprint density at radius 1 is 1.17 bits per heavy atom. The first-order valence-electron chi connectivity index (χ1n) is 4.60. The second kappa shape index (κ2) is 3.83. The zero-order chi connectivity index (χ0) is 13.5. The molecule has 0 aliphatic carbocycles. The van der Waals surface area contributed by atoms with Crippen LogP contribution in [0, 0.1) is 0 Å². The van der Waals surface area contributed by atoms with E-state index in [0.29, 0.717) is 0 Å². The van der Waals surface area contributed by atoms with Crippen LogP contribution in [0.2, 0.25) is 0 Å². The quantitative estimate of drug-likeness (QED) is 0.817. The van der Waals surface area contributed by atoms with Gasteiger partial charge in [0.25, 0.3) is 0 Å². The molecular weight excluding hydrogens is 253 g/mol. The van der Waals surface area contributed by atoms with Crippen molar-refractivity contribution in [2.45, 2.75) is 6.18 Å². The summed E-state index contributed by atoms with van der Waals surface area (Å²) in [6.07, 6.45) is -4.82. The van der Waals surface area contributed by atoms with Gasteiger partial charge in [0.2, 0.25) is 11.6 Å². The van der Waals surface area contributed by atoms with Gasteiger partial charge in [-0.3, -0.25) is 0 Å². The molecule has 0 atom stereocenters. The molecule has 1 aromatic heterocycles. The van der Waals surface area contributed by atoms with E-state index in [-0.39, 0.29) is 16.6 Å². The molecule has 0 unspecified atom stereocenters. The number of nitrogens with zero attached hydrogens (tertiary/aromatic N) is 2. The van der Waals surface area contributed by atoms with Crippen LogP contribution in [0.1, 0.15) is 16.1 Å². The summed E-state index contributed by atoms with van der Waals surface area (Å²) >= 11 is 0. The van der Waals surface area contributed by atoms with E-state index in [0.717, 1.165) is 18.2 Å². The molecule has 8 heteroatoms. The van der Waals surface area contributed by atoms with Crippen molar-refractivity contribution >= 4 is 17.0 Å². The maximum atomic E-state index is 12.4. The van der Waals surface area contributed by atoms with Crippen molar-refractivity contribution in [2.24, 2.45) is 0 Å². The van der Waals surface area contributed by atoms with Gasteiger partial charge < -0.3 is 10.2 Å². The van der Waals surface area contributed by atoms with Gasteiger partial charge in [-0.1, -0.05) is 0 Å². The van der Waals surface area contributed by atoms with Crippen molar-refractivity contribution in [1.29, 1.82) is 0 Å². The summed E-state index contributed by atoms with van der Waals surface area (Å²) in [5.41, 5.74) is -1.93.